The molecule has 1 aromatic rings. The average molecular weight is 153 g/mol. The van der Waals surface area contributed by atoms with Gasteiger partial charge < -0.3 is 5.32 Å². The lowest BCUT2D eigenvalue weighted by atomic mass is 10.3. The Balaban J connectivity index is 2.80. The number of nitrogens with one attached hydrogen (secondary N) is 2. The van der Waals surface area contributed by atoms with Crippen LogP contribution in [0.25, 0.3) is 0 Å². The molecular formula is C7H11N3O. The maximum Gasteiger partial charge on any atom is 0.266 e. The van der Waals surface area contributed by atoms with Gasteiger partial charge in [-0.3, -0.25) is 4.79 Å². The molecule has 60 valence electrons. The van der Waals surface area contributed by atoms with Crippen molar-refractivity contribution in [1.29, 1.82) is 0 Å². The van der Waals surface area contributed by atoms with Crippen LogP contribution in [-0.2, 0) is 0 Å². The second-order valence-corrected chi connectivity index (χ2v) is 2.63. The molecule has 0 saturated heterocycles. The fourth-order valence-electron chi connectivity index (χ4n) is 0.788. The van der Waals surface area contributed by atoms with Crippen molar-refractivity contribution in [1.82, 2.24) is 10.2 Å². The zero-order valence-corrected chi connectivity index (χ0v) is 6.59. The van der Waals surface area contributed by atoms with Crippen LogP contribution in [0.1, 0.15) is 13.8 Å². The van der Waals surface area contributed by atoms with Crippen LogP contribution in [0.3, 0.4) is 0 Å². The van der Waals surface area contributed by atoms with E-state index in [2.05, 4.69) is 15.5 Å². The molecule has 4 nitrogen and oxygen atoms in total. The quantitative estimate of drug-likeness (QED) is 0.653. The highest BCUT2D eigenvalue weighted by atomic mass is 16.1. The Morgan fingerprint density at radius 1 is 1.64 bits per heavy atom. The van der Waals surface area contributed by atoms with E-state index >= 15 is 0 Å². The minimum atomic E-state index is -0.185. The molecule has 0 aliphatic carbocycles. The van der Waals surface area contributed by atoms with Gasteiger partial charge in [0.15, 0.2) is 0 Å². The molecule has 0 aliphatic rings. The van der Waals surface area contributed by atoms with E-state index in [4.69, 9.17) is 0 Å². The third-order valence-electron chi connectivity index (χ3n) is 1.12. The van der Waals surface area contributed by atoms with E-state index in [1.807, 2.05) is 13.8 Å². The normalized spacial score (nSPS) is 10.1. The van der Waals surface area contributed by atoms with Gasteiger partial charge in [-0.25, -0.2) is 5.10 Å². The van der Waals surface area contributed by atoms with Gasteiger partial charge in [-0.15, -0.1) is 0 Å². The van der Waals surface area contributed by atoms with Crippen molar-refractivity contribution in [2.75, 3.05) is 5.32 Å². The lowest BCUT2D eigenvalue weighted by Crippen LogP contribution is -2.14. The number of nitrogens with zero attached hydrogens (tertiary/aromatic N) is 1. The van der Waals surface area contributed by atoms with Gasteiger partial charge in [0, 0.05) is 12.1 Å². The Morgan fingerprint density at radius 2 is 2.36 bits per heavy atom. The molecule has 0 unspecified atom stereocenters. The summed E-state index contributed by atoms with van der Waals surface area (Å²) in [5, 5.41) is 9.00. The van der Waals surface area contributed by atoms with E-state index in [-0.39, 0.29) is 5.56 Å². The summed E-state index contributed by atoms with van der Waals surface area (Å²) in [5.41, 5.74) is 0.569. The Morgan fingerprint density at radius 3 is 2.91 bits per heavy atom. The van der Waals surface area contributed by atoms with Crippen LogP contribution in [0, 0.1) is 0 Å². The summed E-state index contributed by atoms with van der Waals surface area (Å²) in [6.07, 6.45) is 1.58. The molecule has 0 aromatic carbocycles. The van der Waals surface area contributed by atoms with Crippen molar-refractivity contribution in [2.24, 2.45) is 0 Å². The lowest BCUT2D eigenvalue weighted by molar-refractivity contribution is 0.888. The smallest absolute Gasteiger partial charge is 0.266 e. The highest BCUT2D eigenvalue weighted by molar-refractivity contribution is 5.39. The van der Waals surface area contributed by atoms with Crippen molar-refractivity contribution in [2.45, 2.75) is 19.9 Å². The van der Waals surface area contributed by atoms with Crippen LogP contribution in [0.15, 0.2) is 17.1 Å². The summed E-state index contributed by atoms with van der Waals surface area (Å²) >= 11 is 0. The summed E-state index contributed by atoms with van der Waals surface area (Å²) in [6, 6.07) is 1.80. The van der Waals surface area contributed by atoms with Crippen molar-refractivity contribution in [3.8, 4) is 0 Å². The van der Waals surface area contributed by atoms with E-state index in [9.17, 15) is 4.79 Å². The van der Waals surface area contributed by atoms with Crippen LogP contribution in [0.5, 0.6) is 0 Å². The first kappa shape index (κ1) is 7.78. The summed E-state index contributed by atoms with van der Waals surface area (Å²) in [7, 11) is 0. The molecule has 1 rings (SSSR count). The molecule has 2 N–H and O–H groups in total. The monoisotopic (exact) mass is 153 g/mol. The number of hydrogen-bond acceptors (Lipinski definition) is 3. The number of aromatic nitrogens is 2. The van der Waals surface area contributed by atoms with Gasteiger partial charge in [0.1, 0.15) is 0 Å². The maximum atomic E-state index is 10.7. The molecule has 0 aliphatic heterocycles. The first-order chi connectivity index (χ1) is 5.18. The Labute approximate surface area is 64.6 Å². The molecule has 11 heavy (non-hydrogen) atoms. The summed E-state index contributed by atoms with van der Waals surface area (Å²) in [6.45, 7) is 4.00. The minimum absolute atomic E-state index is 0.185. The van der Waals surface area contributed by atoms with E-state index in [0.29, 0.717) is 6.04 Å². The van der Waals surface area contributed by atoms with Crippen LogP contribution in [-0.4, -0.2) is 16.2 Å². The second-order valence-electron chi connectivity index (χ2n) is 2.63. The van der Waals surface area contributed by atoms with Crippen molar-refractivity contribution < 1.29 is 0 Å². The van der Waals surface area contributed by atoms with Gasteiger partial charge in [0.05, 0.1) is 11.9 Å². The minimum Gasteiger partial charge on any atom is -0.381 e. The molecule has 0 spiro atoms. The summed E-state index contributed by atoms with van der Waals surface area (Å²) in [5.74, 6) is 0. The van der Waals surface area contributed by atoms with Gasteiger partial charge in [-0.2, -0.15) is 5.10 Å². The number of anilines is 1. The Kier molecular flexibility index (Phi) is 2.25. The molecule has 0 fully saturated rings. The van der Waals surface area contributed by atoms with Crippen LogP contribution < -0.4 is 10.9 Å². The Bertz CT molecular complexity index is 279. The van der Waals surface area contributed by atoms with E-state index in [0.717, 1.165) is 5.69 Å². The molecule has 1 aromatic heterocycles. The molecule has 4 heteroatoms. The Hall–Kier alpha value is -1.32. The second kappa shape index (κ2) is 3.18. The number of hydrogen-bond donors (Lipinski definition) is 2. The standard InChI is InChI=1S/C7H11N3O/c1-5(2)9-6-3-7(11)10-8-4-6/h3-5H,1-2H3,(H2,9,10,11). The van der Waals surface area contributed by atoms with Gasteiger partial charge in [0.2, 0.25) is 0 Å². The van der Waals surface area contributed by atoms with Gasteiger partial charge >= 0.3 is 0 Å². The van der Waals surface area contributed by atoms with E-state index in [1.54, 1.807) is 6.20 Å². The van der Waals surface area contributed by atoms with Gasteiger partial charge in [-0.05, 0) is 13.8 Å². The first-order valence-electron chi connectivity index (χ1n) is 3.50. The largest absolute Gasteiger partial charge is 0.381 e. The third kappa shape index (κ3) is 2.41. The van der Waals surface area contributed by atoms with E-state index < -0.39 is 0 Å². The summed E-state index contributed by atoms with van der Waals surface area (Å²) in [4.78, 5) is 10.7. The van der Waals surface area contributed by atoms with Crippen molar-refractivity contribution in [3.05, 3.63) is 22.6 Å². The lowest BCUT2D eigenvalue weighted by Gasteiger charge is -2.07. The predicted octanol–water partition coefficient (Wildman–Crippen LogP) is 0.590. The van der Waals surface area contributed by atoms with Crippen molar-refractivity contribution >= 4 is 5.69 Å². The first-order valence-corrected chi connectivity index (χ1v) is 3.50. The fraction of sp³-hybridized carbons (Fsp3) is 0.429. The van der Waals surface area contributed by atoms with Gasteiger partial charge in [0.25, 0.3) is 5.56 Å². The molecule has 0 radical (unpaired) electrons. The predicted molar refractivity (Wildman–Crippen MR) is 43.6 cm³/mol. The maximum absolute atomic E-state index is 10.7. The van der Waals surface area contributed by atoms with Gasteiger partial charge in [-0.1, -0.05) is 0 Å². The fourth-order valence-corrected chi connectivity index (χ4v) is 0.788. The van der Waals surface area contributed by atoms with Crippen LogP contribution in [0.2, 0.25) is 0 Å². The molecule has 0 bridgehead atoms. The molecule has 0 amide bonds. The van der Waals surface area contributed by atoms with Crippen LogP contribution >= 0.6 is 0 Å². The third-order valence-corrected chi connectivity index (χ3v) is 1.12. The highest BCUT2D eigenvalue weighted by Gasteiger charge is 1.94. The zero-order chi connectivity index (χ0) is 8.27. The molecule has 0 saturated carbocycles. The van der Waals surface area contributed by atoms with Crippen molar-refractivity contribution in [3.63, 3.8) is 0 Å². The molecule has 0 atom stereocenters. The molecular weight excluding hydrogens is 142 g/mol. The topological polar surface area (TPSA) is 57.8 Å². The number of rotatable bonds is 2. The zero-order valence-electron chi connectivity index (χ0n) is 6.59. The van der Waals surface area contributed by atoms with E-state index in [1.165, 1.54) is 6.07 Å². The number of aromatic amines is 1. The van der Waals surface area contributed by atoms with Crippen LogP contribution in [0.4, 0.5) is 5.69 Å². The average Bonchev–Trinajstić information content (AvgIpc) is 1.85. The highest BCUT2D eigenvalue weighted by Crippen LogP contribution is 2.00. The number of H-pyrrole nitrogens is 1. The SMILES string of the molecule is CC(C)Nc1cn[nH]c(=O)c1. The summed E-state index contributed by atoms with van der Waals surface area (Å²) < 4.78 is 0. The molecule has 1 heterocycles.